The molecule has 0 unspecified atom stereocenters. The average Bonchev–Trinajstić information content (AvgIpc) is 3.03. The third kappa shape index (κ3) is 2.51. The molecule has 0 bridgehead atoms. The van der Waals surface area contributed by atoms with Crippen LogP contribution < -0.4 is 10.5 Å². The second kappa shape index (κ2) is 6.02. The van der Waals surface area contributed by atoms with Crippen LogP contribution in [0, 0.1) is 13.8 Å². The number of rotatable bonds is 2. The Morgan fingerprint density at radius 3 is 2.92 bits per heavy atom. The fourth-order valence-corrected chi connectivity index (χ4v) is 4.42. The molecule has 3 heterocycles. The van der Waals surface area contributed by atoms with Gasteiger partial charge in [0.25, 0.3) is 5.56 Å². The lowest BCUT2D eigenvalue weighted by molar-refractivity contribution is 0.469. The van der Waals surface area contributed by atoms with E-state index in [4.69, 9.17) is 0 Å². The monoisotopic (exact) mass is 340 g/mol. The Balaban J connectivity index is 1.80. The number of piperidine rings is 1. The molecule has 3 aromatic rings. The van der Waals surface area contributed by atoms with E-state index < -0.39 is 0 Å². The Morgan fingerprint density at radius 1 is 1.21 bits per heavy atom. The Labute approximate surface area is 144 Å². The molecule has 0 N–H and O–H groups in total. The number of aromatic nitrogens is 3. The van der Waals surface area contributed by atoms with Crippen molar-refractivity contribution in [1.82, 2.24) is 14.6 Å². The maximum Gasteiger partial charge on any atom is 0.275 e. The molecule has 1 aliphatic rings. The largest absolute Gasteiger partial charge is 0.340 e. The first kappa shape index (κ1) is 15.3. The molecule has 24 heavy (non-hydrogen) atoms. The lowest BCUT2D eigenvalue weighted by Crippen LogP contribution is -2.34. The Hall–Kier alpha value is -2.21. The van der Waals surface area contributed by atoms with E-state index >= 15 is 0 Å². The van der Waals surface area contributed by atoms with E-state index in [0.29, 0.717) is 11.0 Å². The summed E-state index contributed by atoms with van der Waals surface area (Å²) < 4.78 is 1.41. The number of aryl methyl sites for hydroxylation is 1. The molecule has 0 amide bonds. The standard InChI is InChI=1S/C18H20N4OS/c1-12-6-5-7-14(13(12)2)15-8-3-4-11-21(15)18-20-22-16(23)9-10-19-17(22)24-18/h5-7,9-10,15H,3-4,8,11H2,1-2H3/t15-/m0/s1. The molecule has 0 radical (unpaired) electrons. The number of benzene rings is 1. The van der Waals surface area contributed by atoms with Crippen molar-refractivity contribution in [1.29, 1.82) is 0 Å². The van der Waals surface area contributed by atoms with Crippen molar-refractivity contribution in [3.8, 4) is 0 Å². The second-order valence-electron chi connectivity index (χ2n) is 6.36. The summed E-state index contributed by atoms with van der Waals surface area (Å²) in [6.45, 7) is 5.32. The van der Waals surface area contributed by atoms with Gasteiger partial charge in [-0.25, -0.2) is 4.98 Å². The van der Waals surface area contributed by atoms with E-state index in [1.54, 1.807) is 6.20 Å². The maximum atomic E-state index is 12.0. The van der Waals surface area contributed by atoms with Gasteiger partial charge in [-0.3, -0.25) is 4.79 Å². The quantitative estimate of drug-likeness (QED) is 0.716. The van der Waals surface area contributed by atoms with Gasteiger partial charge in [0.1, 0.15) is 0 Å². The van der Waals surface area contributed by atoms with Gasteiger partial charge in [-0.15, -0.1) is 5.10 Å². The summed E-state index contributed by atoms with van der Waals surface area (Å²) in [5.74, 6) is 0. The van der Waals surface area contributed by atoms with Crippen LogP contribution in [-0.4, -0.2) is 21.1 Å². The summed E-state index contributed by atoms with van der Waals surface area (Å²) in [4.78, 5) is 19.3. The maximum absolute atomic E-state index is 12.0. The van der Waals surface area contributed by atoms with E-state index in [0.717, 1.165) is 24.5 Å². The SMILES string of the molecule is Cc1cccc([C@@H]2CCCCN2c2nn3c(=O)ccnc3s2)c1C. The van der Waals surface area contributed by atoms with Crippen molar-refractivity contribution in [3.63, 3.8) is 0 Å². The van der Waals surface area contributed by atoms with E-state index in [9.17, 15) is 4.79 Å². The number of fused-ring (bicyclic) bond motifs is 1. The van der Waals surface area contributed by atoms with Crippen LogP contribution in [0.3, 0.4) is 0 Å². The van der Waals surface area contributed by atoms with Crippen molar-refractivity contribution in [2.75, 3.05) is 11.4 Å². The number of hydrogen-bond acceptors (Lipinski definition) is 5. The van der Waals surface area contributed by atoms with Gasteiger partial charge in [0.2, 0.25) is 10.1 Å². The number of hydrogen-bond donors (Lipinski definition) is 0. The summed E-state index contributed by atoms with van der Waals surface area (Å²) in [6.07, 6.45) is 5.04. The zero-order valence-corrected chi connectivity index (χ0v) is 14.7. The van der Waals surface area contributed by atoms with E-state index in [2.05, 4.69) is 47.0 Å². The van der Waals surface area contributed by atoms with Crippen molar-refractivity contribution < 1.29 is 0 Å². The molecule has 1 aromatic carbocycles. The Kier molecular flexibility index (Phi) is 3.84. The molecule has 6 heteroatoms. The molecule has 4 rings (SSSR count). The van der Waals surface area contributed by atoms with Crippen LogP contribution in [0.2, 0.25) is 0 Å². The molecular weight excluding hydrogens is 320 g/mol. The van der Waals surface area contributed by atoms with Crippen LogP contribution >= 0.6 is 11.3 Å². The van der Waals surface area contributed by atoms with Crippen LogP contribution in [0.5, 0.6) is 0 Å². The highest BCUT2D eigenvalue weighted by molar-refractivity contribution is 7.20. The molecule has 0 spiro atoms. The Morgan fingerprint density at radius 2 is 2.08 bits per heavy atom. The number of anilines is 1. The zero-order valence-electron chi connectivity index (χ0n) is 13.9. The second-order valence-corrected chi connectivity index (χ2v) is 7.29. The minimum atomic E-state index is -0.122. The topological polar surface area (TPSA) is 50.5 Å². The highest BCUT2D eigenvalue weighted by atomic mass is 32.1. The Bertz CT molecular complexity index is 946. The van der Waals surface area contributed by atoms with Crippen LogP contribution in [0.25, 0.3) is 4.96 Å². The van der Waals surface area contributed by atoms with Gasteiger partial charge in [-0.05, 0) is 49.8 Å². The van der Waals surface area contributed by atoms with Gasteiger partial charge in [0.15, 0.2) is 0 Å². The fourth-order valence-electron chi connectivity index (χ4n) is 3.47. The summed E-state index contributed by atoms with van der Waals surface area (Å²) in [5, 5.41) is 5.44. The molecule has 2 aromatic heterocycles. The highest BCUT2D eigenvalue weighted by Crippen LogP contribution is 2.38. The smallest absolute Gasteiger partial charge is 0.275 e. The lowest BCUT2D eigenvalue weighted by Gasteiger charge is -2.36. The predicted molar refractivity (Wildman–Crippen MR) is 97.0 cm³/mol. The minimum absolute atomic E-state index is 0.122. The van der Waals surface area contributed by atoms with Gasteiger partial charge in [0, 0.05) is 18.8 Å². The van der Waals surface area contributed by atoms with Crippen molar-refractivity contribution >= 4 is 21.4 Å². The zero-order chi connectivity index (χ0) is 16.7. The number of nitrogens with zero attached hydrogens (tertiary/aromatic N) is 4. The molecule has 1 aliphatic heterocycles. The fraction of sp³-hybridized carbons (Fsp3) is 0.389. The molecule has 0 aliphatic carbocycles. The minimum Gasteiger partial charge on any atom is -0.340 e. The molecule has 124 valence electrons. The van der Waals surface area contributed by atoms with Crippen LogP contribution in [0.15, 0.2) is 35.3 Å². The predicted octanol–water partition coefficient (Wildman–Crippen LogP) is 3.50. The van der Waals surface area contributed by atoms with Crippen LogP contribution in [-0.2, 0) is 0 Å². The van der Waals surface area contributed by atoms with Crippen molar-refractivity contribution in [2.45, 2.75) is 39.2 Å². The molecule has 1 atom stereocenters. The van der Waals surface area contributed by atoms with Crippen molar-refractivity contribution in [2.24, 2.45) is 0 Å². The van der Waals surface area contributed by atoms with Gasteiger partial charge >= 0.3 is 0 Å². The third-order valence-corrected chi connectivity index (χ3v) is 5.87. The van der Waals surface area contributed by atoms with E-state index in [1.807, 2.05) is 0 Å². The first-order valence-electron chi connectivity index (χ1n) is 8.33. The first-order chi connectivity index (χ1) is 11.6. The van der Waals surface area contributed by atoms with E-state index in [-0.39, 0.29) is 5.56 Å². The summed E-state index contributed by atoms with van der Waals surface area (Å²) >= 11 is 1.49. The molecule has 0 saturated carbocycles. The van der Waals surface area contributed by atoms with Gasteiger partial charge in [0.05, 0.1) is 6.04 Å². The average molecular weight is 340 g/mol. The molecule has 1 saturated heterocycles. The van der Waals surface area contributed by atoms with Gasteiger partial charge in [-0.2, -0.15) is 4.52 Å². The third-order valence-electron chi connectivity index (χ3n) is 4.91. The normalized spacial score (nSPS) is 18.2. The van der Waals surface area contributed by atoms with Crippen LogP contribution in [0.1, 0.15) is 42.0 Å². The molecular formula is C18H20N4OS. The highest BCUT2D eigenvalue weighted by Gasteiger charge is 2.28. The molecule has 1 fully saturated rings. The lowest BCUT2D eigenvalue weighted by atomic mass is 9.91. The van der Waals surface area contributed by atoms with Gasteiger partial charge in [-0.1, -0.05) is 29.5 Å². The van der Waals surface area contributed by atoms with Crippen LogP contribution in [0.4, 0.5) is 5.13 Å². The summed E-state index contributed by atoms with van der Waals surface area (Å²) in [5.41, 5.74) is 3.92. The van der Waals surface area contributed by atoms with Crippen molar-refractivity contribution in [3.05, 3.63) is 57.5 Å². The summed E-state index contributed by atoms with van der Waals surface area (Å²) in [6, 6.07) is 8.29. The molecule has 5 nitrogen and oxygen atoms in total. The summed E-state index contributed by atoms with van der Waals surface area (Å²) in [7, 11) is 0. The van der Waals surface area contributed by atoms with Gasteiger partial charge < -0.3 is 4.90 Å². The first-order valence-corrected chi connectivity index (χ1v) is 9.14. The van der Waals surface area contributed by atoms with E-state index in [1.165, 1.54) is 45.0 Å².